The third-order valence-corrected chi connectivity index (χ3v) is 8.43. The molecular formula is C31H19BrOS. The van der Waals surface area contributed by atoms with Gasteiger partial charge in [0.25, 0.3) is 0 Å². The molecule has 162 valence electrons. The highest BCUT2D eigenvalue weighted by Crippen LogP contribution is 2.43. The second-order valence-electron chi connectivity index (χ2n) is 8.71. The lowest BCUT2D eigenvalue weighted by molar-refractivity contribution is 0.668. The van der Waals surface area contributed by atoms with Gasteiger partial charge >= 0.3 is 0 Å². The Morgan fingerprint density at radius 1 is 0.676 bits per heavy atom. The largest absolute Gasteiger partial charge is 0.456 e. The van der Waals surface area contributed by atoms with E-state index in [1.807, 2.05) is 12.1 Å². The fraction of sp³-hybridized carbons (Fsp3) is 0.0323. The van der Waals surface area contributed by atoms with E-state index in [9.17, 15) is 0 Å². The molecule has 1 aliphatic carbocycles. The summed E-state index contributed by atoms with van der Waals surface area (Å²) in [6.07, 6.45) is 5.48. The lowest BCUT2D eigenvalue weighted by atomic mass is 9.87. The van der Waals surface area contributed by atoms with Crippen molar-refractivity contribution in [2.75, 3.05) is 0 Å². The highest BCUT2D eigenvalue weighted by atomic mass is 79.9. The van der Waals surface area contributed by atoms with Gasteiger partial charge in [-0.15, -0.1) is 0 Å². The van der Waals surface area contributed by atoms with Crippen LogP contribution in [0.4, 0.5) is 0 Å². The topological polar surface area (TPSA) is 13.1 Å². The van der Waals surface area contributed by atoms with E-state index < -0.39 is 0 Å². The van der Waals surface area contributed by atoms with Crippen molar-refractivity contribution in [2.24, 2.45) is 0 Å². The zero-order valence-electron chi connectivity index (χ0n) is 18.2. The predicted molar refractivity (Wildman–Crippen MR) is 150 cm³/mol. The Morgan fingerprint density at radius 2 is 1.53 bits per heavy atom. The van der Waals surface area contributed by atoms with Crippen LogP contribution in [0.15, 0.2) is 106 Å². The predicted octanol–water partition coefficient (Wildman–Crippen LogP) is 10.0. The summed E-state index contributed by atoms with van der Waals surface area (Å²) in [5.41, 5.74) is 9.59. The van der Waals surface area contributed by atoms with Crippen LogP contribution in [-0.4, -0.2) is 0 Å². The first-order chi connectivity index (χ1) is 16.8. The van der Waals surface area contributed by atoms with Crippen molar-refractivity contribution in [3.63, 3.8) is 0 Å². The van der Waals surface area contributed by atoms with Gasteiger partial charge in [-0.05, 0) is 106 Å². The second kappa shape index (κ2) is 7.90. The van der Waals surface area contributed by atoms with Gasteiger partial charge in [-0.3, -0.25) is 0 Å². The number of benzene rings is 5. The number of halogens is 1. The van der Waals surface area contributed by atoms with Crippen LogP contribution in [0.5, 0.6) is 0 Å². The number of rotatable bonds is 2. The molecular weight excluding hydrogens is 500 g/mol. The SMILES string of the molecule is BrSc1cccc2oc3ccc(-c4cc5c(c6ccccc46)CC=Cc4ccccc4-5)cc3c12. The van der Waals surface area contributed by atoms with E-state index in [1.54, 1.807) is 10.2 Å². The zero-order valence-corrected chi connectivity index (χ0v) is 20.6. The van der Waals surface area contributed by atoms with Gasteiger partial charge in [-0.25, -0.2) is 0 Å². The summed E-state index contributed by atoms with van der Waals surface area (Å²) in [5, 5.41) is 4.92. The van der Waals surface area contributed by atoms with Crippen molar-refractivity contribution in [1.82, 2.24) is 0 Å². The third-order valence-electron chi connectivity index (χ3n) is 6.88. The molecule has 1 aliphatic rings. The molecule has 0 amide bonds. The summed E-state index contributed by atoms with van der Waals surface area (Å²) >= 11 is 3.58. The molecule has 0 unspecified atom stereocenters. The molecule has 0 saturated heterocycles. The van der Waals surface area contributed by atoms with Crippen LogP contribution < -0.4 is 0 Å². The van der Waals surface area contributed by atoms with Gasteiger partial charge in [-0.2, -0.15) is 0 Å². The maximum Gasteiger partial charge on any atom is 0.136 e. The molecule has 0 bridgehead atoms. The Hall–Kier alpha value is -3.27. The van der Waals surface area contributed by atoms with Crippen molar-refractivity contribution in [3.8, 4) is 22.3 Å². The number of hydrogen-bond acceptors (Lipinski definition) is 2. The lowest BCUT2D eigenvalue weighted by Crippen LogP contribution is -1.93. The van der Waals surface area contributed by atoms with Gasteiger partial charge in [-0.1, -0.05) is 72.8 Å². The summed E-state index contributed by atoms with van der Waals surface area (Å²) < 4.78 is 6.18. The number of furan rings is 1. The minimum atomic E-state index is 0.918. The molecule has 0 saturated carbocycles. The molecule has 1 aromatic heterocycles. The molecule has 6 aromatic rings. The zero-order chi connectivity index (χ0) is 22.6. The van der Waals surface area contributed by atoms with E-state index in [-0.39, 0.29) is 0 Å². The Labute approximate surface area is 209 Å². The molecule has 3 heteroatoms. The molecule has 1 heterocycles. The fourth-order valence-electron chi connectivity index (χ4n) is 5.35. The Morgan fingerprint density at radius 3 is 2.44 bits per heavy atom. The summed E-state index contributed by atoms with van der Waals surface area (Å²) in [5.74, 6) is 0. The van der Waals surface area contributed by atoms with Crippen LogP contribution in [0.2, 0.25) is 0 Å². The summed E-state index contributed by atoms with van der Waals surface area (Å²) in [7, 11) is 1.58. The van der Waals surface area contributed by atoms with Crippen LogP contribution in [0.3, 0.4) is 0 Å². The van der Waals surface area contributed by atoms with Crippen molar-refractivity contribution in [2.45, 2.75) is 11.3 Å². The van der Waals surface area contributed by atoms with Gasteiger partial charge in [0.15, 0.2) is 0 Å². The Balaban J connectivity index is 1.56. The molecule has 1 nitrogen and oxygen atoms in total. The summed E-state index contributed by atoms with van der Waals surface area (Å²) in [6.45, 7) is 0. The summed E-state index contributed by atoms with van der Waals surface area (Å²) in [4.78, 5) is 1.17. The van der Waals surface area contributed by atoms with Crippen LogP contribution in [0.25, 0.3) is 61.0 Å². The minimum absolute atomic E-state index is 0.918. The van der Waals surface area contributed by atoms with Crippen LogP contribution in [-0.2, 0) is 6.42 Å². The monoisotopic (exact) mass is 518 g/mol. The van der Waals surface area contributed by atoms with E-state index in [1.165, 1.54) is 49.0 Å². The van der Waals surface area contributed by atoms with Gasteiger partial charge in [0, 0.05) is 15.7 Å². The van der Waals surface area contributed by atoms with Crippen molar-refractivity contribution >= 4 is 63.8 Å². The summed E-state index contributed by atoms with van der Waals surface area (Å²) in [6, 6.07) is 32.7. The standard InChI is InChI=1S/C31H19BrOS/c32-34-30-14-6-13-29-31(30)27-17-20(15-16-28(27)33-29)25-18-26-21-9-2-1-7-19(21)8-5-12-24(26)22-10-3-4-11-23(22)25/h1-11,13-18H,12H2. The molecule has 0 radical (unpaired) electrons. The van der Waals surface area contributed by atoms with Crippen LogP contribution in [0.1, 0.15) is 11.1 Å². The van der Waals surface area contributed by atoms with E-state index >= 15 is 0 Å². The number of allylic oxidation sites excluding steroid dienone is 1. The van der Waals surface area contributed by atoms with Gasteiger partial charge in [0.2, 0.25) is 0 Å². The van der Waals surface area contributed by atoms with Crippen molar-refractivity contribution in [1.29, 1.82) is 0 Å². The third kappa shape index (κ3) is 3.01. The molecule has 0 aliphatic heterocycles. The molecule has 5 aromatic carbocycles. The second-order valence-corrected chi connectivity index (χ2v) is 10.3. The molecule has 0 fully saturated rings. The lowest BCUT2D eigenvalue weighted by Gasteiger charge is -2.17. The Kier molecular flexibility index (Phi) is 4.68. The normalized spacial score (nSPS) is 12.7. The molecule has 0 spiro atoms. The quantitative estimate of drug-likeness (QED) is 0.226. The first-order valence-corrected chi connectivity index (χ1v) is 14.0. The van der Waals surface area contributed by atoms with Crippen LogP contribution in [0, 0.1) is 0 Å². The fourth-order valence-corrected chi connectivity index (χ4v) is 6.58. The smallest absolute Gasteiger partial charge is 0.136 e. The highest BCUT2D eigenvalue weighted by Gasteiger charge is 2.18. The van der Waals surface area contributed by atoms with Crippen molar-refractivity contribution < 1.29 is 4.42 Å². The Bertz CT molecular complexity index is 1780. The van der Waals surface area contributed by atoms with Gasteiger partial charge in [0.05, 0.1) is 0 Å². The molecule has 0 atom stereocenters. The van der Waals surface area contributed by atoms with E-state index in [0.29, 0.717) is 0 Å². The average molecular weight is 519 g/mol. The first-order valence-electron chi connectivity index (χ1n) is 11.4. The van der Waals surface area contributed by atoms with Gasteiger partial charge < -0.3 is 4.42 Å². The van der Waals surface area contributed by atoms with Gasteiger partial charge in [0.1, 0.15) is 11.2 Å². The van der Waals surface area contributed by atoms with E-state index in [0.717, 1.165) is 28.4 Å². The van der Waals surface area contributed by atoms with Crippen molar-refractivity contribution in [3.05, 3.63) is 108 Å². The average Bonchev–Trinajstić information content (AvgIpc) is 3.16. The van der Waals surface area contributed by atoms with E-state index in [4.69, 9.17) is 4.42 Å². The maximum atomic E-state index is 6.18. The minimum Gasteiger partial charge on any atom is -0.456 e. The molecule has 0 N–H and O–H groups in total. The number of fused-ring (bicyclic) bond motifs is 8. The first kappa shape index (κ1) is 20.1. The molecule has 7 rings (SSSR count). The van der Waals surface area contributed by atoms with Crippen LogP contribution >= 0.6 is 25.0 Å². The number of hydrogen-bond donors (Lipinski definition) is 0. The maximum absolute atomic E-state index is 6.18. The van der Waals surface area contributed by atoms with E-state index in [2.05, 4.69) is 106 Å². The molecule has 34 heavy (non-hydrogen) atoms. The highest BCUT2D eigenvalue weighted by molar-refractivity contribution is 9.50.